The van der Waals surface area contributed by atoms with E-state index >= 15 is 0 Å². The SMILES string of the molecule is C=CCNCCCC(C)CO. The van der Waals surface area contributed by atoms with E-state index in [-0.39, 0.29) is 0 Å². The molecule has 0 radical (unpaired) electrons. The number of hydrogen-bond acceptors (Lipinski definition) is 2. The van der Waals surface area contributed by atoms with Crippen LogP contribution < -0.4 is 5.32 Å². The molecule has 0 saturated heterocycles. The summed E-state index contributed by atoms with van der Waals surface area (Å²) in [6.45, 7) is 7.88. The fourth-order valence-corrected chi connectivity index (χ4v) is 0.871. The zero-order chi connectivity index (χ0) is 8.53. The Hall–Kier alpha value is -0.340. The van der Waals surface area contributed by atoms with Crippen LogP contribution >= 0.6 is 0 Å². The maximum absolute atomic E-state index is 8.70. The van der Waals surface area contributed by atoms with Gasteiger partial charge in [0.2, 0.25) is 0 Å². The molecule has 0 aliphatic carbocycles. The molecule has 0 rings (SSSR count). The van der Waals surface area contributed by atoms with Gasteiger partial charge in [0.15, 0.2) is 0 Å². The minimum atomic E-state index is 0.307. The van der Waals surface area contributed by atoms with Crippen molar-refractivity contribution < 1.29 is 5.11 Å². The van der Waals surface area contributed by atoms with Gasteiger partial charge in [-0.05, 0) is 25.3 Å². The number of aliphatic hydroxyl groups excluding tert-OH is 1. The van der Waals surface area contributed by atoms with Crippen molar-refractivity contribution in [3.63, 3.8) is 0 Å². The first-order valence-corrected chi connectivity index (χ1v) is 4.23. The molecule has 0 amide bonds. The van der Waals surface area contributed by atoms with Gasteiger partial charge in [-0.25, -0.2) is 0 Å². The number of hydrogen-bond donors (Lipinski definition) is 2. The smallest absolute Gasteiger partial charge is 0.0456 e. The van der Waals surface area contributed by atoms with Crippen LogP contribution in [0.15, 0.2) is 12.7 Å². The Morgan fingerprint density at radius 1 is 1.64 bits per heavy atom. The molecule has 2 N–H and O–H groups in total. The van der Waals surface area contributed by atoms with Crippen molar-refractivity contribution in [2.24, 2.45) is 5.92 Å². The van der Waals surface area contributed by atoms with Crippen LogP contribution in [0.4, 0.5) is 0 Å². The molecule has 0 bridgehead atoms. The second-order valence-corrected chi connectivity index (χ2v) is 2.92. The Morgan fingerprint density at radius 3 is 2.91 bits per heavy atom. The van der Waals surface area contributed by atoms with E-state index in [9.17, 15) is 0 Å². The van der Waals surface area contributed by atoms with Crippen molar-refractivity contribution in [1.29, 1.82) is 0 Å². The molecule has 1 atom stereocenters. The first-order chi connectivity index (χ1) is 5.31. The van der Waals surface area contributed by atoms with E-state index in [1.807, 2.05) is 6.08 Å². The molecule has 11 heavy (non-hydrogen) atoms. The largest absolute Gasteiger partial charge is 0.396 e. The predicted molar refractivity (Wildman–Crippen MR) is 48.6 cm³/mol. The minimum Gasteiger partial charge on any atom is -0.396 e. The lowest BCUT2D eigenvalue weighted by molar-refractivity contribution is 0.228. The summed E-state index contributed by atoms with van der Waals surface area (Å²) in [5, 5.41) is 11.9. The fourth-order valence-electron chi connectivity index (χ4n) is 0.871. The molecule has 0 heterocycles. The Morgan fingerprint density at radius 2 is 2.36 bits per heavy atom. The highest BCUT2D eigenvalue weighted by molar-refractivity contribution is 4.69. The van der Waals surface area contributed by atoms with Crippen LogP contribution in [0.2, 0.25) is 0 Å². The van der Waals surface area contributed by atoms with Crippen LogP contribution in [0.3, 0.4) is 0 Å². The van der Waals surface area contributed by atoms with E-state index < -0.39 is 0 Å². The van der Waals surface area contributed by atoms with Gasteiger partial charge in [0.1, 0.15) is 0 Å². The van der Waals surface area contributed by atoms with Gasteiger partial charge in [0.25, 0.3) is 0 Å². The lowest BCUT2D eigenvalue weighted by Crippen LogP contribution is -2.15. The second-order valence-electron chi connectivity index (χ2n) is 2.92. The molecule has 0 aliphatic heterocycles. The quantitative estimate of drug-likeness (QED) is 0.429. The molecular weight excluding hydrogens is 138 g/mol. The highest BCUT2D eigenvalue weighted by atomic mass is 16.3. The molecule has 2 heteroatoms. The lowest BCUT2D eigenvalue weighted by atomic mass is 10.1. The normalized spacial score (nSPS) is 12.9. The van der Waals surface area contributed by atoms with E-state index in [1.54, 1.807) is 0 Å². The van der Waals surface area contributed by atoms with Crippen molar-refractivity contribution in [3.05, 3.63) is 12.7 Å². The summed E-state index contributed by atoms with van der Waals surface area (Å²) in [6, 6.07) is 0. The molecule has 0 aromatic carbocycles. The van der Waals surface area contributed by atoms with Gasteiger partial charge in [0, 0.05) is 13.2 Å². The number of nitrogens with one attached hydrogen (secondary N) is 1. The molecule has 2 nitrogen and oxygen atoms in total. The Bertz CT molecular complexity index is 93.6. The van der Waals surface area contributed by atoms with Crippen LogP contribution in [-0.2, 0) is 0 Å². The highest BCUT2D eigenvalue weighted by Crippen LogP contribution is 2.02. The van der Waals surface area contributed by atoms with Gasteiger partial charge in [-0.1, -0.05) is 13.0 Å². The number of aliphatic hydroxyl groups is 1. The van der Waals surface area contributed by atoms with Gasteiger partial charge in [0.05, 0.1) is 0 Å². The van der Waals surface area contributed by atoms with Crippen LogP contribution in [0.1, 0.15) is 19.8 Å². The van der Waals surface area contributed by atoms with E-state index in [0.29, 0.717) is 12.5 Å². The molecule has 0 fully saturated rings. The first kappa shape index (κ1) is 10.7. The Kier molecular flexibility index (Phi) is 7.52. The molecule has 0 saturated carbocycles. The van der Waals surface area contributed by atoms with Gasteiger partial charge < -0.3 is 10.4 Å². The molecule has 0 spiro atoms. The molecule has 0 aromatic rings. The zero-order valence-corrected chi connectivity index (χ0v) is 7.34. The fraction of sp³-hybridized carbons (Fsp3) is 0.778. The van der Waals surface area contributed by atoms with Crippen molar-refractivity contribution in [2.75, 3.05) is 19.7 Å². The third-order valence-corrected chi connectivity index (χ3v) is 1.65. The lowest BCUT2D eigenvalue weighted by Gasteiger charge is -2.06. The Labute approximate surface area is 69.3 Å². The van der Waals surface area contributed by atoms with E-state index in [1.165, 1.54) is 0 Å². The average molecular weight is 157 g/mol. The summed E-state index contributed by atoms with van der Waals surface area (Å²) >= 11 is 0. The summed E-state index contributed by atoms with van der Waals surface area (Å²) in [5.41, 5.74) is 0. The summed E-state index contributed by atoms with van der Waals surface area (Å²) in [6.07, 6.45) is 4.09. The molecular formula is C9H19NO. The minimum absolute atomic E-state index is 0.307. The standard InChI is InChI=1S/C9H19NO/c1-3-6-10-7-4-5-9(2)8-11/h3,9-11H,1,4-8H2,2H3. The van der Waals surface area contributed by atoms with Gasteiger partial charge in [-0.15, -0.1) is 6.58 Å². The summed E-state index contributed by atoms with van der Waals surface area (Å²) in [7, 11) is 0. The topological polar surface area (TPSA) is 32.3 Å². The zero-order valence-electron chi connectivity index (χ0n) is 7.34. The Balaban J connectivity index is 2.95. The number of rotatable bonds is 7. The molecule has 1 unspecified atom stereocenters. The van der Waals surface area contributed by atoms with Crippen molar-refractivity contribution in [2.45, 2.75) is 19.8 Å². The van der Waals surface area contributed by atoms with Crippen LogP contribution in [0.5, 0.6) is 0 Å². The van der Waals surface area contributed by atoms with Crippen LogP contribution in [-0.4, -0.2) is 24.8 Å². The van der Waals surface area contributed by atoms with E-state index in [4.69, 9.17) is 5.11 Å². The van der Waals surface area contributed by atoms with Crippen LogP contribution in [0.25, 0.3) is 0 Å². The maximum atomic E-state index is 8.70. The van der Waals surface area contributed by atoms with Crippen molar-refractivity contribution >= 4 is 0 Å². The summed E-state index contributed by atoms with van der Waals surface area (Å²) in [4.78, 5) is 0. The molecule has 0 aliphatic rings. The molecule has 66 valence electrons. The molecule has 0 aromatic heterocycles. The first-order valence-electron chi connectivity index (χ1n) is 4.23. The van der Waals surface area contributed by atoms with E-state index in [2.05, 4.69) is 18.8 Å². The average Bonchev–Trinajstić information content (AvgIpc) is 2.04. The van der Waals surface area contributed by atoms with Crippen molar-refractivity contribution in [1.82, 2.24) is 5.32 Å². The summed E-state index contributed by atoms with van der Waals surface area (Å²) < 4.78 is 0. The third kappa shape index (κ3) is 7.56. The summed E-state index contributed by atoms with van der Waals surface area (Å²) in [5.74, 6) is 0.445. The van der Waals surface area contributed by atoms with Gasteiger partial charge in [-0.3, -0.25) is 0 Å². The van der Waals surface area contributed by atoms with Crippen LogP contribution in [0, 0.1) is 5.92 Å². The van der Waals surface area contributed by atoms with Gasteiger partial charge >= 0.3 is 0 Å². The predicted octanol–water partition coefficient (Wildman–Crippen LogP) is 1.17. The second kappa shape index (κ2) is 7.76. The highest BCUT2D eigenvalue weighted by Gasteiger charge is 1.97. The van der Waals surface area contributed by atoms with Crippen molar-refractivity contribution in [3.8, 4) is 0 Å². The maximum Gasteiger partial charge on any atom is 0.0456 e. The van der Waals surface area contributed by atoms with Gasteiger partial charge in [-0.2, -0.15) is 0 Å². The third-order valence-electron chi connectivity index (χ3n) is 1.65. The monoisotopic (exact) mass is 157 g/mol. The van der Waals surface area contributed by atoms with E-state index in [0.717, 1.165) is 25.9 Å².